The Hall–Kier alpha value is -2.58. The summed E-state index contributed by atoms with van der Waals surface area (Å²) in [6.07, 6.45) is 0.403. The molecule has 1 aliphatic rings. The first-order valence-electron chi connectivity index (χ1n) is 10.6. The number of esters is 1. The summed E-state index contributed by atoms with van der Waals surface area (Å²) in [4.78, 5) is 24.8. The van der Waals surface area contributed by atoms with Gasteiger partial charge in [0.2, 0.25) is 0 Å². The molecule has 0 radical (unpaired) electrons. The van der Waals surface area contributed by atoms with Crippen LogP contribution in [-0.4, -0.2) is 36.3 Å². The van der Waals surface area contributed by atoms with E-state index < -0.39 is 33.9 Å². The van der Waals surface area contributed by atoms with E-state index in [1.807, 2.05) is 18.7 Å². The molecule has 0 bridgehead atoms. The second kappa shape index (κ2) is 10.6. The van der Waals surface area contributed by atoms with Gasteiger partial charge in [-0.2, -0.15) is 13.2 Å². The number of nitro groups is 1. The van der Waals surface area contributed by atoms with Gasteiger partial charge in [0, 0.05) is 24.7 Å². The summed E-state index contributed by atoms with van der Waals surface area (Å²) in [5, 5.41) is 11.8. The van der Waals surface area contributed by atoms with Crippen LogP contribution < -0.4 is 4.90 Å². The minimum absolute atomic E-state index is 0.0783. The lowest BCUT2D eigenvalue weighted by molar-refractivity contribution is -0.384. The number of halogens is 3. The molecule has 2 rings (SSSR count). The predicted molar refractivity (Wildman–Crippen MR) is 113 cm³/mol. The van der Waals surface area contributed by atoms with E-state index in [2.05, 4.69) is 4.74 Å². The number of hydrogen-bond donors (Lipinski definition) is 0. The maximum absolute atomic E-state index is 13.6. The van der Waals surface area contributed by atoms with Crippen LogP contribution in [0.5, 0.6) is 0 Å². The van der Waals surface area contributed by atoms with E-state index in [4.69, 9.17) is 0 Å². The van der Waals surface area contributed by atoms with Gasteiger partial charge in [0.25, 0.3) is 5.69 Å². The molecule has 0 aromatic heterocycles. The third-order valence-electron chi connectivity index (χ3n) is 5.22. The monoisotopic (exact) mass is 442 g/mol. The summed E-state index contributed by atoms with van der Waals surface area (Å²) in [6, 6.07) is 3.58. The molecule has 9 heteroatoms. The first kappa shape index (κ1) is 24.7. The van der Waals surface area contributed by atoms with Gasteiger partial charge in [-0.05, 0) is 37.3 Å². The van der Waals surface area contributed by atoms with Gasteiger partial charge in [0.15, 0.2) is 0 Å². The highest BCUT2D eigenvalue weighted by atomic mass is 19.4. The summed E-state index contributed by atoms with van der Waals surface area (Å²) in [7, 11) is 0. The van der Waals surface area contributed by atoms with Crippen molar-refractivity contribution in [3.63, 3.8) is 0 Å². The van der Waals surface area contributed by atoms with E-state index in [9.17, 15) is 28.1 Å². The van der Waals surface area contributed by atoms with Crippen LogP contribution in [0.2, 0.25) is 0 Å². The number of carbonyl (C=O) groups excluding carboxylic acids is 1. The van der Waals surface area contributed by atoms with Gasteiger partial charge in [0.1, 0.15) is 5.69 Å². The van der Waals surface area contributed by atoms with E-state index in [0.717, 1.165) is 38.2 Å². The Labute approximate surface area is 180 Å². The second-order valence-electron chi connectivity index (χ2n) is 8.11. The Morgan fingerprint density at radius 2 is 1.94 bits per heavy atom. The molecule has 1 aliphatic carbocycles. The highest BCUT2D eigenvalue weighted by Crippen LogP contribution is 2.40. The number of carbonyl (C=O) groups is 1. The van der Waals surface area contributed by atoms with Crippen molar-refractivity contribution < 1.29 is 27.6 Å². The number of anilines is 1. The first-order chi connectivity index (χ1) is 14.5. The van der Waals surface area contributed by atoms with Crippen molar-refractivity contribution in [1.82, 2.24) is 0 Å². The van der Waals surface area contributed by atoms with Gasteiger partial charge in [-0.25, -0.2) is 4.79 Å². The SMILES string of the molecule is CCOC(=O)C=C(c1ccc(N(CC(C)C)C2CCCCC2)c([N+](=O)[O-])c1)C(F)(F)F. The number of benzene rings is 1. The average Bonchev–Trinajstić information content (AvgIpc) is 2.70. The van der Waals surface area contributed by atoms with Crippen LogP contribution in [0.25, 0.3) is 5.57 Å². The van der Waals surface area contributed by atoms with Crippen molar-refractivity contribution >= 4 is 22.9 Å². The molecule has 6 nitrogen and oxygen atoms in total. The summed E-state index contributed by atoms with van der Waals surface area (Å²) >= 11 is 0. The van der Waals surface area contributed by atoms with E-state index in [-0.39, 0.29) is 18.6 Å². The fourth-order valence-corrected chi connectivity index (χ4v) is 3.94. The maximum Gasteiger partial charge on any atom is 0.417 e. The molecule has 172 valence electrons. The highest BCUT2D eigenvalue weighted by Gasteiger charge is 2.37. The van der Waals surface area contributed by atoms with Crippen molar-refractivity contribution in [2.75, 3.05) is 18.1 Å². The van der Waals surface area contributed by atoms with Crippen LogP contribution in [-0.2, 0) is 9.53 Å². The van der Waals surface area contributed by atoms with Gasteiger partial charge in [-0.15, -0.1) is 0 Å². The summed E-state index contributed by atoms with van der Waals surface area (Å²) in [5.74, 6) is -0.930. The van der Waals surface area contributed by atoms with Gasteiger partial charge in [0.05, 0.1) is 17.1 Å². The van der Waals surface area contributed by atoms with Crippen molar-refractivity contribution in [2.45, 2.75) is 65.1 Å². The summed E-state index contributed by atoms with van der Waals surface area (Å²) < 4.78 is 45.4. The average molecular weight is 442 g/mol. The molecule has 0 N–H and O–H groups in total. The summed E-state index contributed by atoms with van der Waals surface area (Å²) in [6.45, 7) is 5.97. The minimum Gasteiger partial charge on any atom is -0.463 e. The van der Waals surface area contributed by atoms with Crippen LogP contribution in [0.15, 0.2) is 24.3 Å². The summed E-state index contributed by atoms with van der Waals surface area (Å²) in [5.41, 5.74) is -1.80. The fraction of sp³-hybridized carbons (Fsp3) is 0.591. The predicted octanol–water partition coefficient (Wildman–Crippen LogP) is 5.90. The maximum atomic E-state index is 13.6. The van der Waals surface area contributed by atoms with Gasteiger partial charge in [-0.1, -0.05) is 39.2 Å². The molecule has 1 saturated carbocycles. The van der Waals surface area contributed by atoms with Crippen LogP contribution in [0, 0.1) is 16.0 Å². The minimum atomic E-state index is -4.87. The molecule has 0 spiro atoms. The molecule has 0 aliphatic heterocycles. The lowest BCUT2D eigenvalue weighted by atomic mass is 9.92. The Bertz CT molecular complexity index is 815. The third kappa shape index (κ3) is 6.70. The lowest BCUT2D eigenvalue weighted by Crippen LogP contribution is -2.39. The molecule has 0 amide bonds. The lowest BCUT2D eigenvalue weighted by Gasteiger charge is -2.37. The van der Waals surface area contributed by atoms with E-state index in [1.54, 1.807) is 0 Å². The Morgan fingerprint density at radius 1 is 1.29 bits per heavy atom. The number of nitro benzene ring substituents is 1. The zero-order valence-corrected chi connectivity index (χ0v) is 18.1. The number of rotatable bonds is 8. The molecule has 0 saturated heterocycles. The molecule has 0 heterocycles. The topological polar surface area (TPSA) is 72.7 Å². The van der Waals surface area contributed by atoms with Gasteiger partial charge < -0.3 is 9.64 Å². The number of ether oxygens (including phenoxy) is 1. The molecule has 1 aromatic carbocycles. The van der Waals surface area contributed by atoms with E-state index in [0.29, 0.717) is 18.3 Å². The van der Waals surface area contributed by atoms with Crippen LogP contribution in [0.1, 0.15) is 58.4 Å². The standard InChI is InChI=1S/C22H29F3N2O4/c1-4-31-21(28)13-18(22(23,24)25)16-10-11-19(20(12-16)27(29)30)26(14-15(2)3)17-8-6-5-7-9-17/h10-13,15,17H,4-9,14H2,1-3H3. The van der Waals surface area contributed by atoms with Crippen molar-refractivity contribution in [3.8, 4) is 0 Å². The largest absolute Gasteiger partial charge is 0.463 e. The number of hydrogen-bond acceptors (Lipinski definition) is 5. The normalized spacial score (nSPS) is 15.8. The van der Waals surface area contributed by atoms with Crippen molar-refractivity contribution in [3.05, 3.63) is 40.0 Å². The van der Waals surface area contributed by atoms with Crippen LogP contribution in [0.3, 0.4) is 0 Å². The smallest absolute Gasteiger partial charge is 0.417 e. The molecule has 31 heavy (non-hydrogen) atoms. The molecular formula is C22H29F3N2O4. The Balaban J connectivity index is 2.55. The van der Waals surface area contributed by atoms with E-state index >= 15 is 0 Å². The van der Waals surface area contributed by atoms with Crippen LogP contribution in [0.4, 0.5) is 24.5 Å². The van der Waals surface area contributed by atoms with Gasteiger partial charge >= 0.3 is 12.1 Å². The molecular weight excluding hydrogens is 413 g/mol. The van der Waals surface area contributed by atoms with Crippen molar-refractivity contribution in [2.24, 2.45) is 5.92 Å². The van der Waals surface area contributed by atoms with Crippen LogP contribution >= 0.6 is 0 Å². The molecule has 1 fully saturated rings. The molecule has 0 unspecified atom stereocenters. The Kier molecular flexibility index (Phi) is 8.47. The Morgan fingerprint density at radius 3 is 2.45 bits per heavy atom. The quantitative estimate of drug-likeness (QED) is 0.217. The fourth-order valence-electron chi connectivity index (χ4n) is 3.94. The molecule has 1 aromatic rings. The number of allylic oxidation sites excluding steroid dienone is 1. The number of alkyl halides is 3. The third-order valence-corrected chi connectivity index (χ3v) is 5.22. The van der Waals surface area contributed by atoms with Crippen molar-refractivity contribution in [1.29, 1.82) is 0 Å². The molecule has 0 atom stereocenters. The zero-order valence-electron chi connectivity index (χ0n) is 18.1. The first-order valence-corrected chi connectivity index (χ1v) is 10.6. The van der Waals surface area contributed by atoms with E-state index in [1.165, 1.54) is 19.1 Å². The van der Waals surface area contributed by atoms with Gasteiger partial charge in [-0.3, -0.25) is 10.1 Å². The second-order valence-corrected chi connectivity index (χ2v) is 8.11. The number of nitrogens with zero attached hydrogens (tertiary/aromatic N) is 2. The highest BCUT2D eigenvalue weighted by molar-refractivity contribution is 5.93. The zero-order chi connectivity index (χ0) is 23.2.